The smallest absolute Gasteiger partial charge is 0.303 e. The first-order valence-corrected chi connectivity index (χ1v) is 19.3. The van der Waals surface area contributed by atoms with Gasteiger partial charge in [-0.2, -0.15) is 0 Å². The van der Waals surface area contributed by atoms with Gasteiger partial charge in [0.25, 0.3) is 0 Å². The molecule has 0 aliphatic carbocycles. The Morgan fingerprint density at radius 1 is 0.750 bits per heavy atom. The SMILES string of the molecule is CCCC[C@@H](C=O)NC(=O)[C@H](CC(C)C)NC(=O)[C@@H](NC(=O)[C@H](Cc1ccccc1C)NC(=O)[C@H](NC(=O)[C@H](CO)NC(=O)CCC(=O)O)C(C)C)C(C)(C)C. The molecule has 0 aromatic heterocycles. The van der Waals surface area contributed by atoms with Gasteiger partial charge in [-0.15, -0.1) is 0 Å². The third-order valence-corrected chi connectivity index (χ3v) is 9.08. The van der Waals surface area contributed by atoms with Gasteiger partial charge in [-0.25, -0.2) is 0 Å². The van der Waals surface area contributed by atoms with Crippen LogP contribution >= 0.6 is 0 Å². The number of hydrogen-bond acceptors (Lipinski definition) is 9. The van der Waals surface area contributed by atoms with Gasteiger partial charge >= 0.3 is 5.97 Å². The molecule has 56 heavy (non-hydrogen) atoms. The fourth-order valence-corrected chi connectivity index (χ4v) is 5.76. The van der Waals surface area contributed by atoms with Gasteiger partial charge in [0.2, 0.25) is 35.4 Å². The number of carboxylic acid groups (broad SMARTS) is 1. The Bertz CT molecular complexity index is 1510. The van der Waals surface area contributed by atoms with Crippen LogP contribution in [0.25, 0.3) is 0 Å². The molecular weight excluding hydrogens is 724 g/mol. The Hall–Kier alpha value is -4.86. The quantitative estimate of drug-likeness (QED) is 0.0701. The van der Waals surface area contributed by atoms with Crippen LogP contribution in [0.2, 0.25) is 0 Å². The molecule has 0 saturated heterocycles. The normalized spacial score (nSPS) is 14.6. The molecule has 314 valence electrons. The molecule has 0 spiro atoms. The summed E-state index contributed by atoms with van der Waals surface area (Å²) in [7, 11) is 0. The molecule has 0 saturated carbocycles. The van der Waals surface area contributed by atoms with E-state index < -0.39 is 108 Å². The van der Waals surface area contributed by atoms with Crippen molar-refractivity contribution in [3.05, 3.63) is 35.4 Å². The standard InChI is InChI=1S/C40H64N6O10/c1-10-11-16-27(21-47)41-35(52)28(19-23(2)3)44-39(56)34(40(7,8)9)46-36(53)29(20-26-15-13-12-14-25(26)6)43-38(55)33(24(4)5)45-37(54)30(22-48)42-31(49)17-18-32(50)51/h12-15,21,23-24,27-30,33-34,48H,10-11,16-20,22H2,1-9H3,(H,41,52)(H,42,49)(H,43,55)(H,44,56)(H,45,54)(H,46,53)(H,50,51)/t27-,28-,29-,30-,33+,34+/m0/s1. The molecule has 6 amide bonds. The van der Waals surface area contributed by atoms with Crippen molar-refractivity contribution in [1.82, 2.24) is 31.9 Å². The molecule has 8 N–H and O–H groups in total. The van der Waals surface area contributed by atoms with Crippen LogP contribution in [0.5, 0.6) is 0 Å². The van der Waals surface area contributed by atoms with E-state index in [-0.39, 0.29) is 18.8 Å². The summed E-state index contributed by atoms with van der Waals surface area (Å²) in [5, 5.41) is 34.5. The minimum absolute atomic E-state index is 0.00359. The number of rotatable bonds is 24. The highest BCUT2D eigenvalue weighted by molar-refractivity contribution is 5.97. The van der Waals surface area contributed by atoms with Crippen molar-refractivity contribution in [3.8, 4) is 0 Å². The fraction of sp³-hybridized carbons (Fsp3) is 0.650. The molecule has 0 aliphatic rings. The second-order valence-electron chi connectivity index (χ2n) is 16.0. The van der Waals surface area contributed by atoms with Crippen LogP contribution < -0.4 is 31.9 Å². The fourth-order valence-electron chi connectivity index (χ4n) is 5.76. The molecule has 1 aromatic carbocycles. The Balaban J connectivity index is 3.41. The first-order valence-electron chi connectivity index (χ1n) is 19.3. The lowest BCUT2D eigenvalue weighted by molar-refractivity contribution is -0.139. The molecule has 0 radical (unpaired) electrons. The summed E-state index contributed by atoms with van der Waals surface area (Å²) in [5.74, 6) is -6.09. The maximum absolute atomic E-state index is 14.2. The lowest BCUT2D eigenvalue weighted by Crippen LogP contribution is -2.62. The van der Waals surface area contributed by atoms with E-state index >= 15 is 0 Å². The van der Waals surface area contributed by atoms with E-state index in [0.717, 1.165) is 24.0 Å². The van der Waals surface area contributed by atoms with Gasteiger partial charge in [-0.1, -0.05) is 92.5 Å². The summed E-state index contributed by atoms with van der Waals surface area (Å²) >= 11 is 0. The summed E-state index contributed by atoms with van der Waals surface area (Å²) in [5.41, 5.74) is 0.670. The van der Waals surface area contributed by atoms with Crippen LogP contribution in [-0.4, -0.2) is 101 Å². The number of aryl methyl sites for hydroxylation is 1. The Morgan fingerprint density at radius 2 is 1.34 bits per heavy atom. The van der Waals surface area contributed by atoms with Crippen LogP contribution in [0.15, 0.2) is 24.3 Å². The van der Waals surface area contributed by atoms with E-state index in [1.54, 1.807) is 46.8 Å². The van der Waals surface area contributed by atoms with Crippen LogP contribution in [-0.2, 0) is 44.8 Å². The maximum atomic E-state index is 14.2. The van der Waals surface area contributed by atoms with E-state index in [1.807, 2.05) is 39.8 Å². The molecule has 0 unspecified atom stereocenters. The number of unbranched alkanes of at least 4 members (excludes halogenated alkanes) is 1. The van der Waals surface area contributed by atoms with Gasteiger partial charge in [0.05, 0.1) is 19.1 Å². The lowest BCUT2D eigenvalue weighted by Gasteiger charge is -2.34. The second-order valence-corrected chi connectivity index (χ2v) is 16.0. The summed E-state index contributed by atoms with van der Waals surface area (Å²) in [6, 6.07) is 0.332. The van der Waals surface area contributed by atoms with Crippen LogP contribution in [0.4, 0.5) is 0 Å². The number of aliphatic hydroxyl groups excluding tert-OH is 1. The summed E-state index contributed by atoms with van der Waals surface area (Å²) < 4.78 is 0. The van der Waals surface area contributed by atoms with Crippen molar-refractivity contribution in [3.63, 3.8) is 0 Å². The number of amides is 6. The molecule has 0 heterocycles. The third kappa shape index (κ3) is 17.3. The Labute approximate surface area is 330 Å². The number of carbonyl (C=O) groups excluding carboxylic acids is 7. The molecule has 0 bridgehead atoms. The zero-order valence-corrected chi connectivity index (χ0v) is 34.3. The number of carbonyl (C=O) groups is 8. The number of aldehydes is 1. The Morgan fingerprint density at radius 3 is 1.86 bits per heavy atom. The average molecular weight is 789 g/mol. The predicted molar refractivity (Wildman–Crippen MR) is 210 cm³/mol. The number of aliphatic hydroxyl groups is 1. The summed E-state index contributed by atoms with van der Waals surface area (Å²) in [6.07, 6.45) is 2.04. The van der Waals surface area contributed by atoms with E-state index in [9.17, 15) is 43.5 Å². The molecule has 0 fully saturated rings. The molecule has 1 rings (SSSR count). The molecule has 16 nitrogen and oxygen atoms in total. The third-order valence-electron chi connectivity index (χ3n) is 9.08. The van der Waals surface area contributed by atoms with Gasteiger partial charge in [0, 0.05) is 12.8 Å². The van der Waals surface area contributed by atoms with E-state index in [4.69, 9.17) is 5.11 Å². The van der Waals surface area contributed by atoms with Gasteiger partial charge in [-0.3, -0.25) is 33.6 Å². The van der Waals surface area contributed by atoms with Crippen LogP contribution in [0, 0.1) is 24.2 Å². The van der Waals surface area contributed by atoms with Crippen molar-refractivity contribution in [2.24, 2.45) is 17.3 Å². The van der Waals surface area contributed by atoms with Crippen LogP contribution in [0.1, 0.15) is 105 Å². The van der Waals surface area contributed by atoms with Gasteiger partial charge in [0.15, 0.2) is 0 Å². The molecule has 6 atom stereocenters. The van der Waals surface area contributed by atoms with E-state index in [0.29, 0.717) is 12.7 Å². The second kappa shape index (κ2) is 23.9. The number of nitrogens with one attached hydrogen (secondary N) is 6. The molecule has 1 aromatic rings. The van der Waals surface area contributed by atoms with Crippen LogP contribution in [0.3, 0.4) is 0 Å². The van der Waals surface area contributed by atoms with Crippen molar-refractivity contribution >= 4 is 47.7 Å². The zero-order valence-electron chi connectivity index (χ0n) is 34.3. The number of hydrogen-bond donors (Lipinski definition) is 8. The average Bonchev–Trinajstić information content (AvgIpc) is 3.11. The van der Waals surface area contributed by atoms with E-state index in [2.05, 4.69) is 31.9 Å². The summed E-state index contributed by atoms with van der Waals surface area (Å²) in [6.45, 7) is 15.2. The largest absolute Gasteiger partial charge is 0.481 e. The lowest BCUT2D eigenvalue weighted by atomic mass is 9.85. The molecule has 16 heteroatoms. The van der Waals surface area contributed by atoms with Crippen molar-refractivity contribution in [2.45, 2.75) is 144 Å². The number of aliphatic carboxylic acids is 1. The topological polar surface area (TPSA) is 249 Å². The predicted octanol–water partition coefficient (Wildman–Crippen LogP) is 1.44. The first-order chi connectivity index (χ1) is 26.1. The van der Waals surface area contributed by atoms with Gasteiger partial charge in [-0.05, 0) is 48.1 Å². The minimum atomic E-state index is -1.48. The van der Waals surface area contributed by atoms with Crippen molar-refractivity contribution < 1.29 is 48.6 Å². The molecule has 0 aliphatic heterocycles. The number of benzene rings is 1. The molecular formula is C40H64N6O10. The highest BCUT2D eigenvalue weighted by Crippen LogP contribution is 2.21. The number of carboxylic acids is 1. The minimum Gasteiger partial charge on any atom is -0.481 e. The highest BCUT2D eigenvalue weighted by Gasteiger charge is 2.38. The zero-order chi connectivity index (χ0) is 42.7. The summed E-state index contributed by atoms with van der Waals surface area (Å²) in [4.78, 5) is 103. The maximum Gasteiger partial charge on any atom is 0.303 e. The van der Waals surface area contributed by atoms with Gasteiger partial charge < -0.3 is 46.9 Å². The highest BCUT2D eigenvalue weighted by atomic mass is 16.4. The van der Waals surface area contributed by atoms with Crippen molar-refractivity contribution in [1.29, 1.82) is 0 Å². The van der Waals surface area contributed by atoms with Gasteiger partial charge in [0.1, 0.15) is 36.5 Å². The van der Waals surface area contributed by atoms with Crippen molar-refractivity contribution in [2.75, 3.05) is 6.61 Å². The Kier molecular flexibility index (Phi) is 21.0. The van der Waals surface area contributed by atoms with E-state index in [1.165, 1.54) is 0 Å². The monoisotopic (exact) mass is 788 g/mol. The first kappa shape index (κ1) is 49.2.